The van der Waals surface area contributed by atoms with Crippen LogP contribution in [-0.4, -0.2) is 25.0 Å². The first kappa shape index (κ1) is 15.7. The molecule has 0 fully saturated rings. The lowest BCUT2D eigenvalue weighted by molar-refractivity contribution is 0.250. The van der Waals surface area contributed by atoms with Crippen LogP contribution in [0.3, 0.4) is 0 Å². The second kappa shape index (κ2) is 7.93. The molecule has 1 heterocycles. The smallest absolute Gasteiger partial charge is 0.0562 e. The van der Waals surface area contributed by atoms with Gasteiger partial charge in [0.1, 0.15) is 0 Å². The maximum Gasteiger partial charge on any atom is 0.0562 e. The van der Waals surface area contributed by atoms with Crippen molar-refractivity contribution in [1.82, 2.24) is 4.90 Å². The van der Waals surface area contributed by atoms with Gasteiger partial charge >= 0.3 is 0 Å². The van der Waals surface area contributed by atoms with E-state index in [9.17, 15) is 0 Å². The van der Waals surface area contributed by atoms with Crippen molar-refractivity contribution in [2.45, 2.75) is 18.9 Å². The van der Waals surface area contributed by atoms with E-state index in [-0.39, 0.29) is 0 Å². The molecule has 1 aromatic heterocycles. The first-order valence-corrected chi connectivity index (χ1v) is 8.56. The molecule has 4 heteroatoms. The summed E-state index contributed by atoms with van der Waals surface area (Å²) in [6.45, 7) is 1.72. The van der Waals surface area contributed by atoms with Crippen molar-refractivity contribution in [3.05, 3.63) is 56.7 Å². The van der Waals surface area contributed by atoms with Crippen molar-refractivity contribution in [1.29, 1.82) is 0 Å². The summed E-state index contributed by atoms with van der Waals surface area (Å²) < 4.78 is 1.15. The average Bonchev–Trinajstić information content (AvgIpc) is 2.87. The Labute approximate surface area is 133 Å². The van der Waals surface area contributed by atoms with Gasteiger partial charge in [0.15, 0.2) is 0 Å². The Morgan fingerprint density at radius 2 is 2.05 bits per heavy atom. The Morgan fingerprint density at radius 1 is 1.30 bits per heavy atom. The van der Waals surface area contributed by atoms with Gasteiger partial charge in [-0.25, -0.2) is 0 Å². The minimum atomic E-state index is 0.321. The Hall–Kier alpha value is -0.680. The first-order chi connectivity index (χ1) is 9.70. The Kier molecular flexibility index (Phi) is 6.23. The lowest BCUT2D eigenvalue weighted by Gasteiger charge is -2.26. The van der Waals surface area contributed by atoms with Gasteiger partial charge in [0.2, 0.25) is 0 Å². The highest BCUT2D eigenvalue weighted by molar-refractivity contribution is 9.10. The van der Waals surface area contributed by atoms with Crippen LogP contribution in [-0.2, 0) is 6.42 Å². The molecule has 0 aliphatic rings. The maximum absolute atomic E-state index is 5.95. The van der Waals surface area contributed by atoms with Crippen molar-refractivity contribution >= 4 is 27.3 Å². The van der Waals surface area contributed by atoms with Crippen LogP contribution in [0.4, 0.5) is 0 Å². The summed E-state index contributed by atoms with van der Waals surface area (Å²) >= 11 is 5.28. The Bertz CT molecular complexity index is 512. The number of rotatable bonds is 7. The minimum Gasteiger partial charge on any atom is -0.329 e. The first-order valence-electron chi connectivity index (χ1n) is 6.89. The fourth-order valence-electron chi connectivity index (χ4n) is 2.35. The summed E-state index contributed by atoms with van der Waals surface area (Å²) in [6.07, 6.45) is 2.28. The molecule has 108 valence electrons. The number of hydrogen-bond donors (Lipinski definition) is 1. The number of benzene rings is 1. The number of hydrogen-bond acceptors (Lipinski definition) is 3. The van der Waals surface area contributed by atoms with Crippen LogP contribution in [0.1, 0.15) is 22.9 Å². The average molecular weight is 353 g/mol. The highest BCUT2D eigenvalue weighted by atomic mass is 79.9. The molecule has 1 aromatic carbocycles. The molecule has 1 unspecified atom stereocenters. The van der Waals surface area contributed by atoms with Crippen LogP contribution < -0.4 is 5.73 Å². The summed E-state index contributed by atoms with van der Waals surface area (Å²) in [5.74, 6) is 0. The minimum absolute atomic E-state index is 0.321. The molecule has 0 aliphatic heterocycles. The van der Waals surface area contributed by atoms with E-state index >= 15 is 0 Å². The van der Waals surface area contributed by atoms with E-state index < -0.39 is 0 Å². The van der Waals surface area contributed by atoms with Gasteiger partial charge in [0.25, 0.3) is 0 Å². The van der Waals surface area contributed by atoms with Crippen LogP contribution in [0.5, 0.6) is 0 Å². The third-order valence-electron chi connectivity index (χ3n) is 3.49. The van der Waals surface area contributed by atoms with E-state index in [0.717, 1.165) is 23.9 Å². The number of nitrogens with zero attached hydrogens (tertiary/aromatic N) is 1. The molecule has 0 bridgehead atoms. The number of aryl methyl sites for hydroxylation is 1. The third-order valence-corrected chi connectivity index (χ3v) is 5.29. The van der Waals surface area contributed by atoms with Crippen molar-refractivity contribution in [3.63, 3.8) is 0 Å². The molecule has 2 N–H and O–H groups in total. The molecule has 0 saturated heterocycles. The van der Waals surface area contributed by atoms with E-state index in [4.69, 9.17) is 5.73 Å². The monoisotopic (exact) mass is 352 g/mol. The van der Waals surface area contributed by atoms with E-state index in [0.29, 0.717) is 12.6 Å². The van der Waals surface area contributed by atoms with E-state index in [1.807, 2.05) is 0 Å². The number of likely N-dealkylation sites (N-methyl/N-ethyl adjacent to an activating group) is 1. The Morgan fingerprint density at radius 3 is 2.65 bits per heavy atom. The highest BCUT2D eigenvalue weighted by Gasteiger charge is 2.16. The fourth-order valence-corrected chi connectivity index (χ4v) is 3.97. The predicted octanol–water partition coefficient (Wildman–Crippen LogP) is 4.08. The summed E-state index contributed by atoms with van der Waals surface area (Å²) in [5, 5.41) is 2.12. The second-order valence-corrected chi connectivity index (χ2v) is 6.85. The molecule has 20 heavy (non-hydrogen) atoms. The normalized spacial score (nSPS) is 12.8. The maximum atomic E-state index is 5.95. The van der Waals surface area contributed by atoms with Gasteiger partial charge < -0.3 is 5.73 Å². The highest BCUT2D eigenvalue weighted by Crippen LogP contribution is 2.28. The number of thiophene rings is 1. The van der Waals surface area contributed by atoms with Crippen LogP contribution >= 0.6 is 27.3 Å². The van der Waals surface area contributed by atoms with E-state index in [2.05, 4.69) is 69.7 Å². The predicted molar refractivity (Wildman–Crippen MR) is 91.2 cm³/mol. The molecular formula is C16H21BrN2S. The zero-order valence-electron chi connectivity index (χ0n) is 11.8. The SMILES string of the molecule is CN(CCCc1ccccc1)C(CN)c1cc(Br)cs1. The topological polar surface area (TPSA) is 29.3 Å². The number of nitrogens with two attached hydrogens (primary N) is 1. The molecule has 2 aromatic rings. The van der Waals surface area contributed by atoms with Crippen LogP contribution in [0.15, 0.2) is 46.3 Å². The quantitative estimate of drug-likeness (QED) is 0.813. The summed E-state index contributed by atoms with van der Waals surface area (Å²) in [6, 6.07) is 13.1. The van der Waals surface area contributed by atoms with Gasteiger partial charge in [-0.3, -0.25) is 4.90 Å². The van der Waals surface area contributed by atoms with Gasteiger partial charge in [-0.05, 0) is 54.0 Å². The van der Waals surface area contributed by atoms with Crippen molar-refractivity contribution in [3.8, 4) is 0 Å². The van der Waals surface area contributed by atoms with Crippen LogP contribution in [0.25, 0.3) is 0 Å². The summed E-state index contributed by atoms with van der Waals surface area (Å²) in [5.41, 5.74) is 7.35. The lowest BCUT2D eigenvalue weighted by Crippen LogP contribution is -2.31. The lowest BCUT2D eigenvalue weighted by atomic mass is 10.1. The molecule has 1 atom stereocenters. The zero-order valence-corrected chi connectivity index (χ0v) is 14.2. The van der Waals surface area contributed by atoms with Gasteiger partial charge in [-0.15, -0.1) is 11.3 Å². The summed E-state index contributed by atoms with van der Waals surface area (Å²) in [7, 11) is 2.16. The van der Waals surface area contributed by atoms with Crippen molar-refractivity contribution in [2.24, 2.45) is 5.73 Å². The molecule has 2 nitrogen and oxygen atoms in total. The third kappa shape index (κ3) is 4.42. The summed E-state index contributed by atoms with van der Waals surface area (Å²) in [4.78, 5) is 3.70. The van der Waals surface area contributed by atoms with Gasteiger partial charge in [-0.2, -0.15) is 0 Å². The van der Waals surface area contributed by atoms with Crippen LogP contribution in [0.2, 0.25) is 0 Å². The largest absolute Gasteiger partial charge is 0.329 e. The van der Waals surface area contributed by atoms with Crippen LogP contribution in [0, 0.1) is 0 Å². The fraction of sp³-hybridized carbons (Fsp3) is 0.375. The van der Waals surface area contributed by atoms with Gasteiger partial charge in [0.05, 0.1) is 6.04 Å². The standard InChI is InChI=1S/C16H21BrN2S/c1-19(9-5-8-13-6-3-2-4-7-13)15(11-18)16-10-14(17)12-20-16/h2-4,6-7,10,12,15H,5,8-9,11,18H2,1H3. The van der Waals surface area contributed by atoms with Gasteiger partial charge in [0, 0.05) is 21.3 Å². The van der Waals surface area contributed by atoms with E-state index in [1.54, 1.807) is 11.3 Å². The molecule has 2 rings (SSSR count). The molecule has 0 spiro atoms. The second-order valence-electron chi connectivity index (χ2n) is 4.99. The zero-order chi connectivity index (χ0) is 14.4. The van der Waals surface area contributed by atoms with E-state index in [1.165, 1.54) is 10.4 Å². The van der Waals surface area contributed by atoms with Gasteiger partial charge in [-0.1, -0.05) is 30.3 Å². The molecule has 0 aliphatic carbocycles. The molecule has 0 saturated carbocycles. The molecular weight excluding hydrogens is 332 g/mol. The molecule has 0 amide bonds. The number of halogens is 1. The Balaban J connectivity index is 1.85. The van der Waals surface area contributed by atoms with Crippen molar-refractivity contribution in [2.75, 3.05) is 20.1 Å². The molecule has 0 radical (unpaired) electrons. The van der Waals surface area contributed by atoms with Crippen molar-refractivity contribution < 1.29 is 0 Å².